The second-order valence-corrected chi connectivity index (χ2v) is 6.95. The predicted molar refractivity (Wildman–Crippen MR) is 117 cm³/mol. The Morgan fingerprint density at radius 3 is 2.50 bits per heavy atom. The Kier molecular flexibility index (Phi) is 8.43. The molecule has 0 bridgehead atoms. The first-order valence-electron chi connectivity index (χ1n) is 9.19. The third kappa shape index (κ3) is 5.99. The number of ether oxygens (including phenoxy) is 2. The first-order valence-corrected chi connectivity index (χ1v) is 9.19. The summed E-state index contributed by atoms with van der Waals surface area (Å²) in [6.45, 7) is 8.11. The van der Waals surface area contributed by atoms with E-state index in [0.717, 1.165) is 64.8 Å². The van der Waals surface area contributed by atoms with Crippen LogP contribution in [0.15, 0.2) is 29.3 Å². The van der Waals surface area contributed by atoms with Gasteiger partial charge in [-0.05, 0) is 37.5 Å². The van der Waals surface area contributed by atoms with Gasteiger partial charge in [-0.15, -0.1) is 24.0 Å². The van der Waals surface area contributed by atoms with Crippen LogP contribution in [0.4, 0.5) is 5.69 Å². The SMILES string of the molecule is CN=C(NCc1ccc(N2CCOCC2)cc1)NCC1(C)CCCO1.I. The van der Waals surface area contributed by atoms with Crippen molar-refractivity contribution in [1.29, 1.82) is 0 Å². The van der Waals surface area contributed by atoms with Crippen molar-refractivity contribution in [2.75, 3.05) is 51.4 Å². The van der Waals surface area contributed by atoms with Gasteiger partial charge < -0.3 is 25.0 Å². The van der Waals surface area contributed by atoms with Crippen LogP contribution in [0.1, 0.15) is 25.3 Å². The number of rotatable bonds is 5. The minimum absolute atomic E-state index is 0. The fourth-order valence-electron chi connectivity index (χ4n) is 3.30. The van der Waals surface area contributed by atoms with Gasteiger partial charge in [0.2, 0.25) is 0 Å². The molecule has 2 N–H and O–H groups in total. The minimum Gasteiger partial charge on any atom is -0.378 e. The molecular formula is C19H31IN4O2. The maximum atomic E-state index is 5.81. The summed E-state index contributed by atoms with van der Waals surface area (Å²) in [5.74, 6) is 0.814. The van der Waals surface area contributed by atoms with Crippen molar-refractivity contribution in [3.05, 3.63) is 29.8 Å². The molecule has 0 amide bonds. The van der Waals surface area contributed by atoms with Gasteiger partial charge >= 0.3 is 0 Å². The van der Waals surface area contributed by atoms with E-state index in [-0.39, 0.29) is 29.6 Å². The predicted octanol–water partition coefficient (Wildman–Crippen LogP) is 2.38. The van der Waals surface area contributed by atoms with Gasteiger partial charge in [0.1, 0.15) is 0 Å². The van der Waals surface area contributed by atoms with Gasteiger partial charge in [0.15, 0.2) is 5.96 Å². The lowest BCUT2D eigenvalue weighted by molar-refractivity contribution is 0.0243. The van der Waals surface area contributed by atoms with Crippen LogP contribution in [-0.4, -0.2) is 58.1 Å². The molecule has 0 saturated carbocycles. The maximum absolute atomic E-state index is 5.81. The number of benzene rings is 1. The Morgan fingerprint density at radius 2 is 1.88 bits per heavy atom. The number of anilines is 1. The molecule has 0 radical (unpaired) electrons. The molecule has 1 aromatic rings. The number of guanidine groups is 1. The van der Waals surface area contributed by atoms with Gasteiger partial charge in [0, 0.05) is 45.5 Å². The number of halogens is 1. The lowest BCUT2D eigenvalue weighted by atomic mass is 10.0. The molecule has 2 aliphatic rings. The molecule has 2 heterocycles. The van der Waals surface area contributed by atoms with Gasteiger partial charge in [-0.1, -0.05) is 12.1 Å². The van der Waals surface area contributed by atoms with Crippen LogP contribution in [0.5, 0.6) is 0 Å². The summed E-state index contributed by atoms with van der Waals surface area (Å²) in [6.07, 6.45) is 2.24. The number of aliphatic imine (C=N–C) groups is 1. The lowest BCUT2D eigenvalue weighted by Crippen LogP contribution is -2.45. The van der Waals surface area contributed by atoms with E-state index in [4.69, 9.17) is 9.47 Å². The molecule has 0 aliphatic carbocycles. The molecule has 0 aromatic heterocycles. The smallest absolute Gasteiger partial charge is 0.191 e. The van der Waals surface area contributed by atoms with Crippen LogP contribution >= 0.6 is 24.0 Å². The second-order valence-electron chi connectivity index (χ2n) is 6.95. The number of nitrogens with zero attached hydrogens (tertiary/aromatic N) is 2. The van der Waals surface area contributed by atoms with Crippen molar-refractivity contribution < 1.29 is 9.47 Å². The summed E-state index contributed by atoms with van der Waals surface area (Å²) in [5.41, 5.74) is 2.43. The molecule has 7 heteroatoms. The molecule has 3 rings (SSSR count). The van der Waals surface area contributed by atoms with E-state index >= 15 is 0 Å². The van der Waals surface area contributed by atoms with Crippen LogP contribution in [0.2, 0.25) is 0 Å². The van der Waals surface area contributed by atoms with Gasteiger partial charge in [0.25, 0.3) is 0 Å². The van der Waals surface area contributed by atoms with Crippen molar-refractivity contribution in [2.45, 2.75) is 31.9 Å². The second kappa shape index (κ2) is 10.3. The summed E-state index contributed by atoms with van der Waals surface area (Å²) >= 11 is 0. The quantitative estimate of drug-likeness (QED) is 0.390. The minimum atomic E-state index is -0.0720. The van der Waals surface area contributed by atoms with Crippen LogP contribution in [0.3, 0.4) is 0 Å². The normalized spacial score (nSPS) is 23.5. The van der Waals surface area contributed by atoms with Crippen LogP contribution in [0.25, 0.3) is 0 Å². The van der Waals surface area contributed by atoms with Gasteiger partial charge in [-0.25, -0.2) is 0 Å². The summed E-state index contributed by atoms with van der Waals surface area (Å²) in [5, 5.41) is 6.75. The van der Waals surface area contributed by atoms with Crippen molar-refractivity contribution in [1.82, 2.24) is 10.6 Å². The van der Waals surface area contributed by atoms with Crippen LogP contribution in [-0.2, 0) is 16.0 Å². The van der Waals surface area contributed by atoms with E-state index in [1.807, 2.05) is 0 Å². The molecule has 146 valence electrons. The average molecular weight is 474 g/mol. The highest BCUT2D eigenvalue weighted by Crippen LogP contribution is 2.23. The molecular weight excluding hydrogens is 443 g/mol. The van der Waals surface area contributed by atoms with Crippen molar-refractivity contribution in [3.8, 4) is 0 Å². The Hall–Kier alpha value is -1.06. The largest absolute Gasteiger partial charge is 0.378 e. The van der Waals surface area contributed by atoms with E-state index in [9.17, 15) is 0 Å². The van der Waals surface area contributed by atoms with Gasteiger partial charge in [-0.2, -0.15) is 0 Å². The van der Waals surface area contributed by atoms with Crippen LogP contribution < -0.4 is 15.5 Å². The van der Waals surface area contributed by atoms with Crippen molar-refractivity contribution in [3.63, 3.8) is 0 Å². The van der Waals surface area contributed by atoms with Crippen molar-refractivity contribution in [2.24, 2.45) is 4.99 Å². The summed E-state index contributed by atoms with van der Waals surface area (Å²) in [6, 6.07) is 8.72. The first kappa shape index (κ1) is 21.2. The molecule has 26 heavy (non-hydrogen) atoms. The Labute approximate surface area is 173 Å². The highest BCUT2D eigenvalue weighted by atomic mass is 127. The molecule has 2 saturated heterocycles. The zero-order valence-electron chi connectivity index (χ0n) is 15.8. The molecule has 2 fully saturated rings. The topological polar surface area (TPSA) is 58.1 Å². The molecule has 0 spiro atoms. The van der Waals surface area contributed by atoms with Crippen molar-refractivity contribution >= 4 is 35.6 Å². The Balaban J connectivity index is 0.00000243. The highest BCUT2D eigenvalue weighted by molar-refractivity contribution is 14.0. The third-order valence-electron chi connectivity index (χ3n) is 4.93. The summed E-state index contributed by atoms with van der Waals surface area (Å²) in [4.78, 5) is 6.67. The summed E-state index contributed by atoms with van der Waals surface area (Å²) in [7, 11) is 1.80. The molecule has 1 unspecified atom stereocenters. The number of morpholine rings is 1. The van der Waals surface area contributed by atoms with Crippen LogP contribution in [0, 0.1) is 0 Å². The Morgan fingerprint density at radius 1 is 1.15 bits per heavy atom. The maximum Gasteiger partial charge on any atom is 0.191 e. The number of hydrogen-bond acceptors (Lipinski definition) is 4. The van der Waals surface area contributed by atoms with Gasteiger partial charge in [0.05, 0.1) is 18.8 Å². The molecule has 2 aliphatic heterocycles. The fraction of sp³-hybridized carbons (Fsp3) is 0.632. The standard InChI is InChI=1S/C19H30N4O2.HI/c1-19(8-3-11-25-19)15-22-18(20-2)21-14-16-4-6-17(7-5-16)23-9-12-24-13-10-23;/h4-7H,3,8-15H2,1-2H3,(H2,20,21,22);1H. The van der Waals surface area contributed by atoms with Gasteiger partial charge in [-0.3, -0.25) is 4.99 Å². The zero-order chi connectivity index (χ0) is 17.5. The van der Waals surface area contributed by atoms with E-state index in [0.29, 0.717) is 0 Å². The Bertz CT molecular complexity index is 567. The number of hydrogen-bond donors (Lipinski definition) is 2. The fourth-order valence-corrected chi connectivity index (χ4v) is 3.30. The zero-order valence-corrected chi connectivity index (χ0v) is 18.1. The third-order valence-corrected chi connectivity index (χ3v) is 4.93. The summed E-state index contributed by atoms with van der Waals surface area (Å²) < 4.78 is 11.2. The molecule has 1 atom stereocenters. The molecule has 6 nitrogen and oxygen atoms in total. The van der Waals surface area contributed by atoms with E-state index in [2.05, 4.69) is 51.7 Å². The van der Waals surface area contributed by atoms with E-state index in [1.165, 1.54) is 11.3 Å². The monoisotopic (exact) mass is 474 g/mol. The highest BCUT2D eigenvalue weighted by Gasteiger charge is 2.29. The first-order chi connectivity index (χ1) is 12.2. The van der Waals surface area contributed by atoms with E-state index < -0.39 is 0 Å². The lowest BCUT2D eigenvalue weighted by Gasteiger charge is -2.29. The average Bonchev–Trinajstić information content (AvgIpc) is 3.10. The molecule has 1 aromatic carbocycles. The number of nitrogens with one attached hydrogen (secondary N) is 2. The van der Waals surface area contributed by atoms with E-state index in [1.54, 1.807) is 7.05 Å².